The van der Waals surface area contributed by atoms with Gasteiger partial charge in [-0.2, -0.15) is 5.10 Å². The Labute approximate surface area is 145 Å². The molecular formula is C18H29N3O2S. The average Bonchev–Trinajstić information content (AvgIpc) is 3.05. The Balaban J connectivity index is 1.57. The maximum atomic E-state index is 11.7. The summed E-state index contributed by atoms with van der Waals surface area (Å²) < 4.78 is 25.4. The lowest BCUT2D eigenvalue weighted by Crippen LogP contribution is -2.17. The maximum absolute atomic E-state index is 11.7. The Hall–Kier alpha value is -1.14. The summed E-state index contributed by atoms with van der Waals surface area (Å²) in [5, 5.41) is 8.17. The number of aryl methyl sites for hydroxylation is 1. The van der Waals surface area contributed by atoms with Crippen LogP contribution in [0.1, 0.15) is 61.5 Å². The van der Waals surface area contributed by atoms with Crippen LogP contribution in [0.15, 0.2) is 11.6 Å². The van der Waals surface area contributed by atoms with Crippen molar-refractivity contribution in [2.75, 3.05) is 18.1 Å². The molecule has 1 aliphatic heterocycles. The summed E-state index contributed by atoms with van der Waals surface area (Å²) in [5.41, 5.74) is 4.94. The van der Waals surface area contributed by atoms with Gasteiger partial charge in [-0.3, -0.25) is 4.68 Å². The number of sulfone groups is 1. The molecule has 0 unspecified atom stereocenters. The van der Waals surface area contributed by atoms with E-state index in [1.54, 1.807) is 5.57 Å². The van der Waals surface area contributed by atoms with Crippen molar-refractivity contribution in [2.24, 2.45) is 0 Å². The van der Waals surface area contributed by atoms with Crippen LogP contribution in [0.5, 0.6) is 0 Å². The van der Waals surface area contributed by atoms with E-state index >= 15 is 0 Å². The Kier molecular flexibility index (Phi) is 5.45. The van der Waals surface area contributed by atoms with Crippen LogP contribution >= 0.6 is 0 Å². The lowest BCUT2D eigenvalue weighted by Gasteiger charge is -2.13. The first kappa shape index (κ1) is 17.7. The number of rotatable bonds is 6. The molecule has 1 fully saturated rings. The van der Waals surface area contributed by atoms with Crippen LogP contribution in [0.25, 0.3) is 0 Å². The molecular weight excluding hydrogens is 322 g/mol. The Morgan fingerprint density at radius 3 is 2.83 bits per heavy atom. The fourth-order valence-electron chi connectivity index (χ4n) is 3.87. The monoisotopic (exact) mass is 351 g/mol. The summed E-state index contributed by atoms with van der Waals surface area (Å²) in [7, 11) is -2.88. The first-order valence-corrected chi connectivity index (χ1v) is 10.9. The van der Waals surface area contributed by atoms with Crippen molar-refractivity contribution < 1.29 is 8.42 Å². The van der Waals surface area contributed by atoms with Gasteiger partial charge < -0.3 is 5.32 Å². The average molecular weight is 352 g/mol. The SMILES string of the molecule is Cc1nn([C@@H]2CCS(=O)(=O)C2)c(C)c1CNCCC1=CCCCC1. The molecule has 6 heteroatoms. The van der Waals surface area contributed by atoms with E-state index in [1.165, 1.54) is 31.2 Å². The van der Waals surface area contributed by atoms with Gasteiger partial charge in [0, 0.05) is 17.8 Å². The first-order chi connectivity index (χ1) is 11.5. The third kappa shape index (κ3) is 4.09. The molecule has 1 aromatic rings. The molecule has 0 aromatic carbocycles. The van der Waals surface area contributed by atoms with Gasteiger partial charge in [-0.05, 0) is 58.9 Å². The fraction of sp³-hybridized carbons (Fsp3) is 0.722. The summed E-state index contributed by atoms with van der Waals surface area (Å²) in [4.78, 5) is 0. The van der Waals surface area contributed by atoms with Gasteiger partial charge in [0.05, 0.1) is 23.2 Å². The Morgan fingerprint density at radius 2 is 2.17 bits per heavy atom. The first-order valence-electron chi connectivity index (χ1n) is 9.10. The molecule has 134 valence electrons. The van der Waals surface area contributed by atoms with Gasteiger partial charge in [0.25, 0.3) is 0 Å². The molecule has 0 bridgehead atoms. The van der Waals surface area contributed by atoms with Crippen molar-refractivity contribution in [1.29, 1.82) is 0 Å². The normalized spacial score (nSPS) is 23.4. The van der Waals surface area contributed by atoms with Gasteiger partial charge in [-0.1, -0.05) is 11.6 Å². The van der Waals surface area contributed by atoms with Gasteiger partial charge in [0.2, 0.25) is 0 Å². The Morgan fingerprint density at radius 1 is 1.33 bits per heavy atom. The highest BCUT2D eigenvalue weighted by atomic mass is 32.2. The van der Waals surface area contributed by atoms with Crippen LogP contribution in [-0.2, 0) is 16.4 Å². The molecule has 1 N–H and O–H groups in total. The molecule has 1 aromatic heterocycles. The molecule has 1 saturated heterocycles. The van der Waals surface area contributed by atoms with Crippen molar-refractivity contribution >= 4 is 9.84 Å². The quantitative estimate of drug-likeness (QED) is 0.632. The smallest absolute Gasteiger partial charge is 0.152 e. The van der Waals surface area contributed by atoms with Gasteiger partial charge in [-0.15, -0.1) is 0 Å². The zero-order valence-electron chi connectivity index (χ0n) is 14.8. The molecule has 0 amide bonds. The number of allylic oxidation sites excluding steroid dienone is 1. The predicted octanol–water partition coefficient (Wildman–Crippen LogP) is 2.84. The number of nitrogens with zero attached hydrogens (tertiary/aromatic N) is 2. The van der Waals surface area contributed by atoms with E-state index in [9.17, 15) is 8.42 Å². The van der Waals surface area contributed by atoms with E-state index in [0.717, 1.165) is 30.9 Å². The molecule has 2 heterocycles. The maximum Gasteiger partial charge on any atom is 0.152 e. The number of hydrogen-bond donors (Lipinski definition) is 1. The van der Waals surface area contributed by atoms with E-state index in [1.807, 2.05) is 11.6 Å². The highest BCUT2D eigenvalue weighted by Gasteiger charge is 2.31. The van der Waals surface area contributed by atoms with Crippen LogP contribution in [0.3, 0.4) is 0 Å². The molecule has 1 atom stereocenters. The van der Waals surface area contributed by atoms with Crippen molar-refractivity contribution in [2.45, 2.75) is 65.0 Å². The van der Waals surface area contributed by atoms with E-state index in [-0.39, 0.29) is 11.8 Å². The van der Waals surface area contributed by atoms with Crippen LogP contribution in [0.4, 0.5) is 0 Å². The summed E-state index contributed by atoms with van der Waals surface area (Å²) in [6, 6.07) is 0.00912. The fourth-order valence-corrected chi connectivity index (χ4v) is 5.56. The summed E-state index contributed by atoms with van der Waals surface area (Å²) in [6.07, 6.45) is 9.39. The highest BCUT2D eigenvalue weighted by Crippen LogP contribution is 2.26. The lowest BCUT2D eigenvalue weighted by molar-refractivity contribution is 0.485. The van der Waals surface area contributed by atoms with Gasteiger partial charge in [-0.25, -0.2) is 8.42 Å². The molecule has 0 radical (unpaired) electrons. The van der Waals surface area contributed by atoms with Crippen molar-refractivity contribution in [3.8, 4) is 0 Å². The minimum atomic E-state index is -2.88. The molecule has 1 aliphatic carbocycles. The number of aromatic nitrogens is 2. The molecule has 3 rings (SSSR count). The third-order valence-corrected chi connectivity index (χ3v) is 7.09. The van der Waals surface area contributed by atoms with Gasteiger partial charge in [0.15, 0.2) is 9.84 Å². The summed E-state index contributed by atoms with van der Waals surface area (Å²) in [6.45, 7) is 5.89. The van der Waals surface area contributed by atoms with Crippen molar-refractivity contribution in [1.82, 2.24) is 15.1 Å². The highest BCUT2D eigenvalue weighted by molar-refractivity contribution is 7.91. The van der Waals surface area contributed by atoms with E-state index < -0.39 is 9.84 Å². The molecule has 24 heavy (non-hydrogen) atoms. The van der Waals surface area contributed by atoms with Gasteiger partial charge in [0.1, 0.15) is 0 Å². The zero-order chi connectivity index (χ0) is 17.2. The Bertz CT molecular complexity index is 719. The largest absolute Gasteiger partial charge is 0.312 e. The number of hydrogen-bond acceptors (Lipinski definition) is 4. The minimum absolute atomic E-state index is 0.00912. The molecule has 0 spiro atoms. The molecule has 2 aliphatic rings. The molecule has 0 saturated carbocycles. The van der Waals surface area contributed by atoms with Crippen LogP contribution in [0, 0.1) is 13.8 Å². The predicted molar refractivity (Wildman–Crippen MR) is 96.9 cm³/mol. The lowest BCUT2D eigenvalue weighted by atomic mass is 9.97. The van der Waals surface area contributed by atoms with Crippen LogP contribution in [0.2, 0.25) is 0 Å². The van der Waals surface area contributed by atoms with E-state index in [4.69, 9.17) is 0 Å². The van der Waals surface area contributed by atoms with E-state index in [0.29, 0.717) is 12.2 Å². The van der Waals surface area contributed by atoms with Crippen molar-refractivity contribution in [3.63, 3.8) is 0 Å². The minimum Gasteiger partial charge on any atom is -0.312 e. The van der Waals surface area contributed by atoms with Crippen molar-refractivity contribution in [3.05, 3.63) is 28.6 Å². The number of nitrogens with one attached hydrogen (secondary N) is 1. The topological polar surface area (TPSA) is 64.0 Å². The third-order valence-electron chi connectivity index (χ3n) is 5.34. The summed E-state index contributed by atoms with van der Waals surface area (Å²) >= 11 is 0. The zero-order valence-corrected chi connectivity index (χ0v) is 15.7. The second-order valence-electron chi connectivity index (χ2n) is 7.19. The second kappa shape index (κ2) is 7.40. The van der Waals surface area contributed by atoms with E-state index in [2.05, 4.69) is 23.4 Å². The second-order valence-corrected chi connectivity index (χ2v) is 9.41. The standard InChI is InChI=1S/C18H29N3O2S/c1-14-18(12-19-10-8-16-6-4-3-5-7-16)15(2)21(20-14)17-9-11-24(22,23)13-17/h6,17,19H,3-5,7-13H2,1-2H3/t17-/m1/s1. The van der Waals surface area contributed by atoms with Crippen LogP contribution < -0.4 is 5.32 Å². The summed E-state index contributed by atoms with van der Waals surface area (Å²) in [5.74, 6) is 0.523. The molecule has 5 nitrogen and oxygen atoms in total. The van der Waals surface area contributed by atoms with Gasteiger partial charge >= 0.3 is 0 Å². The van der Waals surface area contributed by atoms with Crippen LogP contribution in [-0.4, -0.2) is 36.2 Å².